The molecule has 1 unspecified atom stereocenters. The Hall–Kier alpha value is -3.39. The summed E-state index contributed by atoms with van der Waals surface area (Å²) in [6, 6.07) is 15.7. The van der Waals surface area contributed by atoms with Crippen molar-refractivity contribution in [3.63, 3.8) is 0 Å². The average molecular weight is 467 g/mol. The van der Waals surface area contributed by atoms with Crippen molar-refractivity contribution in [3.8, 4) is 11.1 Å². The molecular weight excluding hydrogens is 436 g/mol. The van der Waals surface area contributed by atoms with E-state index in [0.29, 0.717) is 19.4 Å². The third-order valence-electron chi connectivity index (χ3n) is 6.51. The van der Waals surface area contributed by atoms with E-state index in [4.69, 9.17) is 9.47 Å². The highest BCUT2D eigenvalue weighted by Crippen LogP contribution is 2.44. The molecule has 0 spiro atoms. The van der Waals surface area contributed by atoms with Crippen LogP contribution in [0.2, 0.25) is 0 Å². The Balaban J connectivity index is 1.32. The van der Waals surface area contributed by atoms with Gasteiger partial charge in [0.2, 0.25) is 5.91 Å². The van der Waals surface area contributed by atoms with Crippen LogP contribution in [0.3, 0.4) is 0 Å². The van der Waals surface area contributed by atoms with Crippen molar-refractivity contribution in [1.29, 1.82) is 0 Å². The van der Waals surface area contributed by atoms with Gasteiger partial charge in [0, 0.05) is 19.1 Å². The van der Waals surface area contributed by atoms with Gasteiger partial charge in [-0.25, -0.2) is 9.59 Å². The fourth-order valence-electron chi connectivity index (χ4n) is 4.81. The Morgan fingerprint density at radius 2 is 1.74 bits per heavy atom. The summed E-state index contributed by atoms with van der Waals surface area (Å²) in [5, 5.41) is 14.7. The predicted molar refractivity (Wildman–Crippen MR) is 125 cm³/mol. The first-order chi connectivity index (χ1) is 16.5. The van der Waals surface area contributed by atoms with Crippen LogP contribution >= 0.6 is 0 Å². The number of rotatable bonds is 9. The van der Waals surface area contributed by atoms with Crippen LogP contribution in [0.5, 0.6) is 0 Å². The summed E-state index contributed by atoms with van der Waals surface area (Å²) >= 11 is 0. The van der Waals surface area contributed by atoms with Crippen molar-refractivity contribution in [2.24, 2.45) is 5.92 Å². The van der Waals surface area contributed by atoms with Crippen molar-refractivity contribution >= 4 is 18.0 Å². The minimum atomic E-state index is -1.09. The molecule has 0 saturated carbocycles. The Labute approximate surface area is 198 Å². The first kappa shape index (κ1) is 23.8. The number of hydrogen-bond donors (Lipinski definition) is 3. The SMILES string of the molecule is CCCC(CNC(=O)OCC1c2ccccc2-c2ccccc21)C(=O)N[C@@H]1CCO[C@@H]1C(=O)O. The lowest BCUT2D eigenvalue weighted by Gasteiger charge is -2.22. The molecular formula is C26H30N2O6. The molecule has 1 aliphatic heterocycles. The number of hydrogen-bond acceptors (Lipinski definition) is 5. The Kier molecular flexibility index (Phi) is 7.47. The average Bonchev–Trinajstić information content (AvgIpc) is 3.43. The van der Waals surface area contributed by atoms with Gasteiger partial charge in [0.05, 0.1) is 12.0 Å². The molecule has 2 aromatic rings. The van der Waals surface area contributed by atoms with Gasteiger partial charge in [-0.15, -0.1) is 0 Å². The quantitative estimate of drug-likeness (QED) is 0.523. The van der Waals surface area contributed by atoms with Crippen LogP contribution in [0.15, 0.2) is 48.5 Å². The van der Waals surface area contributed by atoms with E-state index in [9.17, 15) is 19.5 Å². The highest BCUT2D eigenvalue weighted by molar-refractivity contribution is 5.82. The molecule has 2 amide bonds. The molecule has 4 rings (SSSR count). The van der Waals surface area contributed by atoms with Gasteiger partial charge in [0.1, 0.15) is 6.61 Å². The number of carboxylic acid groups (broad SMARTS) is 1. The number of carbonyl (C=O) groups excluding carboxylic acids is 2. The largest absolute Gasteiger partial charge is 0.479 e. The summed E-state index contributed by atoms with van der Waals surface area (Å²) in [5.41, 5.74) is 4.57. The third-order valence-corrected chi connectivity index (χ3v) is 6.51. The van der Waals surface area contributed by atoms with Crippen LogP contribution in [0.25, 0.3) is 11.1 Å². The van der Waals surface area contributed by atoms with Gasteiger partial charge in [-0.2, -0.15) is 0 Å². The molecule has 2 aliphatic rings. The zero-order valence-corrected chi connectivity index (χ0v) is 19.2. The summed E-state index contributed by atoms with van der Waals surface area (Å²) in [7, 11) is 0. The van der Waals surface area contributed by atoms with E-state index in [1.807, 2.05) is 31.2 Å². The Morgan fingerprint density at radius 1 is 1.09 bits per heavy atom. The van der Waals surface area contributed by atoms with Crippen LogP contribution in [0.4, 0.5) is 4.79 Å². The van der Waals surface area contributed by atoms with Gasteiger partial charge < -0.3 is 25.2 Å². The predicted octanol–water partition coefficient (Wildman–Crippen LogP) is 3.30. The normalized spacial score (nSPS) is 19.7. The second-order valence-corrected chi connectivity index (χ2v) is 8.73. The fraction of sp³-hybridized carbons (Fsp3) is 0.423. The number of ether oxygens (including phenoxy) is 2. The van der Waals surface area contributed by atoms with E-state index < -0.39 is 30.1 Å². The summed E-state index contributed by atoms with van der Waals surface area (Å²) in [6.07, 6.45) is 0.126. The van der Waals surface area contributed by atoms with Crippen LogP contribution in [-0.4, -0.2) is 55.0 Å². The highest BCUT2D eigenvalue weighted by atomic mass is 16.5. The molecule has 8 nitrogen and oxygen atoms in total. The lowest BCUT2D eigenvalue weighted by molar-refractivity contribution is -0.148. The van der Waals surface area contributed by atoms with E-state index in [1.165, 1.54) is 0 Å². The van der Waals surface area contributed by atoms with Crippen molar-refractivity contribution in [1.82, 2.24) is 10.6 Å². The maximum absolute atomic E-state index is 12.8. The second kappa shape index (κ2) is 10.7. The lowest BCUT2D eigenvalue weighted by Crippen LogP contribution is -2.48. The molecule has 8 heteroatoms. The Morgan fingerprint density at radius 3 is 2.35 bits per heavy atom. The number of benzene rings is 2. The van der Waals surface area contributed by atoms with Crippen molar-refractivity contribution in [2.45, 2.75) is 44.2 Å². The maximum Gasteiger partial charge on any atom is 0.407 e. The monoisotopic (exact) mass is 466 g/mol. The number of carboxylic acids is 1. The lowest BCUT2D eigenvalue weighted by atomic mass is 9.98. The first-order valence-corrected chi connectivity index (χ1v) is 11.7. The number of carbonyl (C=O) groups is 3. The second-order valence-electron chi connectivity index (χ2n) is 8.73. The molecule has 34 heavy (non-hydrogen) atoms. The van der Waals surface area contributed by atoms with E-state index in [0.717, 1.165) is 28.7 Å². The summed E-state index contributed by atoms with van der Waals surface area (Å²) in [6.45, 7) is 2.55. The summed E-state index contributed by atoms with van der Waals surface area (Å²) < 4.78 is 10.7. The van der Waals surface area contributed by atoms with Gasteiger partial charge in [-0.3, -0.25) is 4.79 Å². The molecule has 0 radical (unpaired) electrons. The molecule has 0 bridgehead atoms. The van der Waals surface area contributed by atoms with Gasteiger partial charge in [0.25, 0.3) is 0 Å². The molecule has 1 aliphatic carbocycles. The van der Waals surface area contributed by atoms with E-state index in [1.54, 1.807) is 0 Å². The van der Waals surface area contributed by atoms with Crippen LogP contribution in [-0.2, 0) is 19.1 Å². The van der Waals surface area contributed by atoms with Crippen molar-refractivity contribution in [2.75, 3.05) is 19.8 Å². The van der Waals surface area contributed by atoms with Crippen molar-refractivity contribution < 1.29 is 29.0 Å². The van der Waals surface area contributed by atoms with Crippen molar-refractivity contribution in [3.05, 3.63) is 59.7 Å². The van der Waals surface area contributed by atoms with E-state index in [2.05, 4.69) is 34.9 Å². The molecule has 3 N–H and O–H groups in total. The fourth-order valence-corrected chi connectivity index (χ4v) is 4.81. The molecule has 2 aromatic carbocycles. The molecule has 1 saturated heterocycles. The van der Waals surface area contributed by atoms with Gasteiger partial charge in [-0.1, -0.05) is 61.9 Å². The molecule has 180 valence electrons. The van der Waals surface area contributed by atoms with Crippen LogP contribution in [0, 0.1) is 5.92 Å². The Bertz CT molecular complexity index is 1010. The standard InChI is InChI=1S/C26H30N2O6/c1-2-7-16(24(29)28-22-12-13-33-23(22)25(30)31)14-27-26(32)34-15-21-19-10-5-3-8-17(19)18-9-4-6-11-20(18)21/h3-6,8-11,16,21-23H,2,7,12-15H2,1H3,(H,27,32)(H,28,29)(H,30,31)/t16?,22-,23+/m1/s1. The molecule has 0 aromatic heterocycles. The number of aliphatic carboxylic acids is 1. The minimum Gasteiger partial charge on any atom is -0.479 e. The number of fused-ring (bicyclic) bond motifs is 3. The third kappa shape index (κ3) is 5.07. The van der Waals surface area contributed by atoms with Gasteiger partial charge >= 0.3 is 12.1 Å². The highest BCUT2D eigenvalue weighted by Gasteiger charge is 2.36. The number of alkyl carbamates (subject to hydrolysis) is 1. The number of nitrogens with one attached hydrogen (secondary N) is 2. The zero-order chi connectivity index (χ0) is 24.1. The summed E-state index contributed by atoms with van der Waals surface area (Å²) in [5.74, 6) is -1.90. The first-order valence-electron chi connectivity index (χ1n) is 11.7. The van der Waals surface area contributed by atoms with Crippen LogP contribution < -0.4 is 10.6 Å². The van der Waals surface area contributed by atoms with Gasteiger partial charge in [0.15, 0.2) is 6.10 Å². The number of amides is 2. The molecule has 1 fully saturated rings. The minimum absolute atomic E-state index is 0.0387. The maximum atomic E-state index is 12.8. The van der Waals surface area contributed by atoms with Gasteiger partial charge in [-0.05, 0) is 35.1 Å². The molecule has 3 atom stereocenters. The smallest absolute Gasteiger partial charge is 0.407 e. The van der Waals surface area contributed by atoms with E-state index >= 15 is 0 Å². The topological polar surface area (TPSA) is 114 Å². The summed E-state index contributed by atoms with van der Waals surface area (Å²) in [4.78, 5) is 36.5. The zero-order valence-electron chi connectivity index (χ0n) is 19.2. The van der Waals surface area contributed by atoms with E-state index in [-0.39, 0.29) is 25.0 Å². The molecule has 1 heterocycles. The van der Waals surface area contributed by atoms with Crippen LogP contribution in [0.1, 0.15) is 43.2 Å².